The van der Waals surface area contributed by atoms with Gasteiger partial charge in [-0.1, -0.05) is 0 Å². The number of rotatable bonds is 7. The van der Waals surface area contributed by atoms with Crippen LogP contribution in [0.2, 0.25) is 0 Å². The Bertz CT molecular complexity index is 654. The van der Waals surface area contributed by atoms with E-state index in [9.17, 15) is 10.2 Å². The zero-order chi connectivity index (χ0) is 16.2. The van der Waals surface area contributed by atoms with Gasteiger partial charge in [0.25, 0.3) is 0 Å². The zero-order valence-electron chi connectivity index (χ0n) is 12.4. The molecule has 0 radical (unpaired) electrons. The number of ether oxygens (including phenoxy) is 1. The van der Waals surface area contributed by atoms with Crippen molar-refractivity contribution in [3.63, 3.8) is 0 Å². The summed E-state index contributed by atoms with van der Waals surface area (Å²) in [4.78, 5) is 12.7. The van der Waals surface area contributed by atoms with Crippen LogP contribution in [0.25, 0.3) is 11.2 Å². The van der Waals surface area contributed by atoms with Gasteiger partial charge in [0.05, 0.1) is 31.5 Å². The Morgan fingerprint density at radius 1 is 1.35 bits per heavy atom. The summed E-state index contributed by atoms with van der Waals surface area (Å²) in [5, 5.41) is 31.2. The van der Waals surface area contributed by atoms with Gasteiger partial charge in [0.2, 0.25) is 0 Å². The maximum Gasteiger partial charge on any atom is 0.167 e. The summed E-state index contributed by atoms with van der Waals surface area (Å²) in [6, 6.07) is 0. The van der Waals surface area contributed by atoms with Gasteiger partial charge in [-0.15, -0.1) is 11.8 Å². The highest BCUT2D eigenvalue weighted by molar-refractivity contribution is 7.99. The van der Waals surface area contributed by atoms with Crippen molar-refractivity contribution < 1.29 is 20.1 Å². The lowest BCUT2D eigenvalue weighted by Gasteiger charge is -2.16. The molecule has 0 bridgehead atoms. The summed E-state index contributed by atoms with van der Waals surface area (Å²) in [6.45, 7) is -0.00680. The molecule has 1 fully saturated rings. The highest BCUT2D eigenvalue weighted by Gasteiger charge is 2.35. The molecule has 10 heteroatoms. The second-order valence-electron chi connectivity index (χ2n) is 5.13. The Balaban J connectivity index is 1.81. The second-order valence-corrected chi connectivity index (χ2v) is 6.24. The predicted octanol–water partition coefficient (Wildman–Crippen LogP) is -0.438. The van der Waals surface area contributed by atoms with Gasteiger partial charge in [-0.3, -0.25) is 4.57 Å². The summed E-state index contributed by atoms with van der Waals surface area (Å²) >= 11 is 1.54. The third-order valence-corrected chi connectivity index (χ3v) is 4.40. The van der Waals surface area contributed by atoms with Gasteiger partial charge in [-0.05, 0) is 0 Å². The van der Waals surface area contributed by atoms with E-state index in [4.69, 9.17) is 9.84 Å². The average molecular weight is 341 g/mol. The summed E-state index contributed by atoms with van der Waals surface area (Å²) in [5.74, 6) is 1.82. The Hall–Kier alpha value is -1.46. The van der Waals surface area contributed by atoms with Crippen LogP contribution in [0.15, 0.2) is 12.7 Å². The maximum atomic E-state index is 10.1. The number of hydrogen-bond donors (Lipinski definition) is 4. The monoisotopic (exact) mass is 341 g/mol. The van der Waals surface area contributed by atoms with Crippen molar-refractivity contribution in [2.24, 2.45) is 0 Å². The Kier molecular flexibility index (Phi) is 5.28. The smallest absolute Gasteiger partial charge is 0.167 e. The fourth-order valence-corrected chi connectivity index (χ4v) is 3.03. The molecule has 3 rings (SSSR count). The molecule has 0 unspecified atom stereocenters. The number of aromatic nitrogens is 4. The lowest BCUT2D eigenvalue weighted by atomic mass is 10.2. The molecule has 0 spiro atoms. The van der Waals surface area contributed by atoms with Gasteiger partial charge >= 0.3 is 0 Å². The second kappa shape index (κ2) is 7.41. The third-order valence-electron chi connectivity index (χ3n) is 3.58. The quantitative estimate of drug-likeness (QED) is 0.392. The molecule has 1 saturated heterocycles. The number of imidazole rings is 1. The number of nitrogens with zero attached hydrogens (tertiary/aromatic N) is 4. The van der Waals surface area contributed by atoms with Crippen molar-refractivity contribution >= 4 is 28.7 Å². The van der Waals surface area contributed by atoms with E-state index in [1.54, 1.807) is 22.7 Å². The SMILES string of the molecule is OCCSCNc1ncnc2c1ncn2[C@@H]1O[C@H](CO)C[C@H]1O. The first-order valence-corrected chi connectivity index (χ1v) is 8.44. The van der Waals surface area contributed by atoms with Crippen molar-refractivity contribution in [2.45, 2.75) is 24.9 Å². The van der Waals surface area contributed by atoms with Crippen molar-refractivity contribution in [3.05, 3.63) is 12.7 Å². The predicted molar refractivity (Wildman–Crippen MR) is 85.0 cm³/mol. The number of anilines is 1. The van der Waals surface area contributed by atoms with E-state index in [1.807, 2.05) is 0 Å². The number of aliphatic hydroxyl groups is 3. The van der Waals surface area contributed by atoms with Gasteiger partial charge in [0.15, 0.2) is 23.2 Å². The minimum atomic E-state index is -0.726. The van der Waals surface area contributed by atoms with E-state index >= 15 is 0 Å². The Labute approximate surface area is 136 Å². The third kappa shape index (κ3) is 3.40. The van der Waals surface area contributed by atoms with Crippen molar-refractivity contribution in [2.75, 3.05) is 30.2 Å². The molecule has 9 nitrogen and oxygen atoms in total. The number of thioether (sulfide) groups is 1. The van der Waals surface area contributed by atoms with Crippen LogP contribution in [0, 0.1) is 0 Å². The number of aliphatic hydroxyl groups excluding tert-OH is 3. The molecule has 1 aliphatic heterocycles. The summed E-state index contributed by atoms with van der Waals surface area (Å²) < 4.78 is 7.29. The van der Waals surface area contributed by atoms with E-state index in [0.29, 0.717) is 35.0 Å². The van der Waals surface area contributed by atoms with Crippen molar-refractivity contribution in [1.82, 2.24) is 19.5 Å². The van der Waals surface area contributed by atoms with Crippen molar-refractivity contribution in [1.29, 1.82) is 0 Å². The van der Waals surface area contributed by atoms with Gasteiger partial charge in [0.1, 0.15) is 12.4 Å². The normalized spacial score (nSPS) is 24.4. The lowest BCUT2D eigenvalue weighted by Crippen LogP contribution is -2.19. The van der Waals surface area contributed by atoms with E-state index in [1.165, 1.54) is 6.33 Å². The first kappa shape index (κ1) is 16.4. The molecule has 0 amide bonds. The molecule has 2 aromatic rings. The fraction of sp³-hybridized carbons (Fsp3) is 0.615. The molecular formula is C13H19N5O4S. The average Bonchev–Trinajstić information content (AvgIpc) is 3.15. The van der Waals surface area contributed by atoms with E-state index in [0.717, 1.165) is 0 Å². The van der Waals surface area contributed by atoms with E-state index < -0.39 is 12.3 Å². The lowest BCUT2D eigenvalue weighted by molar-refractivity contribution is -0.0486. The molecule has 3 heterocycles. The number of fused-ring (bicyclic) bond motifs is 1. The maximum absolute atomic E-state index is 10.1. The number of nitrogens with one attached hydrogen (secondary N) is 1. The van der Waals surface area contributed by atoms with Crippen LogP contribution in [-0.2, 0) is 4.74 Å². The summed E-state index contributed by atoms with van der Waals surface area (Å²) in [5.41, 5.74) is 1.14. The van der Waals surface area contributed by atoms with Gasteiger partial charge in [0, 0.05) is 12.2 Å². The van der Waals surface area contributed by atoms with Gasteiger partial charge < -0.3 is 25.4 Å². The molecular weight excluding hydrogens is 322 g/mol. The standard InChI is InChI=1S/C13H19N5O4S/c19-1-2-23-7-17-11-10-12(15-5-14-11)18(6-16-10)13-9(21)3-8(4-20)22-13/h5-6,8-9,13,19-21H,1-4,7H2,(H,14,15,17)/t8-,9+,13+/m0/s1. The van der Waals surface area contributed by atoms with Crippen LogP contribution >= 0.6 is 11.8 Å². The zero-order valence-corrected chi connectivity index (χ0v) is 13.2. The first-order chi connectivity index (χ1) is 11.2. The molecule has 126 valence electrons. The van der Waals surface area contributed by atoms with E-state index in [2.05, 4.69) is 20.3 Å². The minimum Gasteiger partial charge on any atom is -0.396 e. The van der Waals surface area contributed by atoms with Crippen LogP contribution < -0.4 is 5.32 Å². The Morgan fingerprint density at radius 3 is 2.96 bits per heavy atom. The van der Waals surface area contributed by atoms with Gasteiger partial charge in [-0.25, -0.2) is 15.0 Å². The summed E-state index contributed by atoms with van der Waals surface area (Å²) in [6.07, 6.45) is 1.61. The molecule has 3 atom stereocenters. The molecule has 23 heavy (non-hydrogen) atoms. The molecule has 1 aliphatic rings. The molecule has 2 aromatic heterocycles. The largest absolute Gasteiger partial charge is 0.396 e. The van der Waals surface area contributed by atoms with E-state index in [-0.39, 0.29) is 19.3 Å². The van der Waals surface area contributed by atoms with Crippen LogP contribution in [0.5, 0.6) is 0 Å². The van der Waals surface area contributed by atoms with Crippen molar-refractivity contribution in [3.8, 4) is 0 Å². The first-order valence-electron chi connectivity index (χ1n) is 7.29. The minimum absolute atomic E-state index is 0.128. The highest BCUT2D eigenvalue weighted by atomic mass is 32.2. The molecule has 0 saturated carbocycles. The summed E-state index contributed by atoms with van der Waals surface area (Å²) in [7, 11) is 0. The van der Waals surface area contributed by atoms with Crippen LogP contribution in [0.4, 0.5) is 5.82 Å². The van der Waals surface area contributed by atoms with Crippen LogP contribution in [0.3, 0.4) is 0 Å². The van der Waals surface area contributed by atoms with Crippen LogP contribution in [-0.4, -0.2) is 71.9 Å². The topological polar surface area (TPSA) is 126 Å². The fourth-order valence-electron chi connectivity index (χ4n) is 2.52. The van der Waals surface area contributed by atoms with Crippen LogP contribution in [0.1, 0.15) is 12.6 Å². The molecule has 0 aromatic carbocycles. The Morgan fingerprint density at radius 2 is 2.22 bits per heavy atom. The molecule has 0 aliphatic carbocycles. The number of hydrogen-bond acceptors (Lipinski definition) is 9. The highest BCUT2D eigenvalue weighted by Crippen LogP contribution is 2.31. The molecule has 4 N–H and O–H groups in total. The van der Waals surface area contributed by atoms with Gasteiger partial charge in [-0.2, -0.15) is 0 Å².